The molecule has 0 heterocycles. The summed E-state index contributed by atoms with van der Waals surface area (Å²) in [4.78, 5) is 11.1. The molecule has 28 heavy (non-hydrogen) atoms. The Morgan fingerprint density at radius 3 is 1.71 bits per heavy atom. The Bertz CT molecular complexity index is 571. The van der Waals surface area contributed by atoms with Crippen molar-refractivity contribution < 1.29 is 9.53 Å². The number of ether oxygens (including phenoxy) is 1. The molecule has 0 rings (SSSR count). The molecule has 2 nitrogen and oxygen atoms in total. The van der Waals surface area contributed by atoms with Gasteiger partial charge in [0.25, 0.3) is 0 Å². The Kier molecular flexibility index (Phi) is 19.2. The van der Waals surface area contributed by atoms with Crippen LogP contribution in [0.1, 0.15) is 71.6 Å². The lowest BCUT2D eigenvalue weighted by Gasteiger charge is -1.99. The Morgan fingerprint density at radius 1 is 0.714 bits per heavy atom. The molecule has 0 aromatic carbocycles. The SMILES string of the molecule is C=C(C)C(=O)OC=CC=CC=CC=CC=CC=CCCCCCCCCCC. The second kappa shape index (κ2) is 21.0. The molecule has 0 aromatic rings. The van der Waals surface area contributed by atoms with Crippen LogP contribution in [0, 0.1) is 0 Å². The average molecular weight is 383 g/mol. The molecular formula is C26H38O2. The lowest BCUT2D eigenvalue weighted by molar-refractivity contribution is -0.133. The number of carbonyl (C=O) groups is 1. The molecule has 154 valence electrons. The normalized spacial score (nSPS) is 12.6. The highest BCUT2D eigenvalue weighted by molar-refractivity contribution is 5.87. The first-order valence-electron chi connectivity index (χ1n) is 10.5. The molecule has 0 fully saturated rings. The molecule has 0 bridgehead atoms. The van der Waals surface area contributed by atoms with Crippen molar-refractivity contribution >= 4 is 5.97 Å². The quantitative estimate of drug-likeness (QED) is 0.0890. The third kappa shape index (κ3) is 20.0. The molecule has 0 spiro atoms. The number of esters is 1. The fourth-order valence-electron chi connectivity index (χ4n) is 2.33. The third-order valence-electron chi connectivity index (χ3n) is 3.96. The van der Waals surface area contributed by atoms with Gasteiger partial charge in [0.1, 0.15) is 0 Å². The van der Waals surface area contributed by atoms with E-state index in [1.807, 2.05) is 36.5 Å². The molecule has 0 aliphatic rings. The van der Waals surface area contributed by atoms with Gasteiger partial charge >= 0.3 is 5.97 Å². The Labute approximate surface area is 172 Å². The van der Waals surface area contributed by atoms with Crippen molar-refractivity contribution in [1.29, 1.82) is 0 Å². The van der Waals surface area contributed by atoms with Crippen LogP contribution in [-0.2, 0) is 9.53 Å². The van der Waals surface area contributed by atoms with E-state index >= 15 is 0 Å². The molecule has 0 unspecified atom stereocenters. The summed E-state index contributed by atoms with van der Waals surface area (Å²) in [5.74, 6) is -0.415. The zero-order chi connectivity index (χ0) is 20.7. The molecule has 0 amide bonds. The highest BCUT2D eigenvalue weighted by Gasteiger charge is 1.97. The van der Waals surface area contributed by atoms with Gasteiger partial charge in [-0.3, -0.25) is 0 Å². The summed E-state index contributed by atoms with van der Waals surface area (Å²) in [7, 11) is 0. The molecule has 0 N–H and O–H groups in total. The molecule has 0 saturated carbocycles. The second-order valence-electron chi connectivity index (χ2n) is 6.75. The van der Waals surface area contributed by atoms with Crippen molar-refractivity contribution in [3.05, 3.63) is 85.3 Å². The maximum absolute atomic E-state index is 11.1. The first-order valence-corrected chi connectivity index (χ1v) is 10.5. The predicted molar refractivity (Wildman–Crippen MR) is 123 cm³/mol. The minimum absolute atomic E-state index is 0.384. The molecule has 0 saturated heterocycles. The van der Waals surface area contributed by atoms with Gasteiger partial charge in [-0.2, -0.15) is 0 Å². The highest BCUT2D eigenvalue weighted by atomic mass is 16.5. The van der Waals surface area contributed by atoms with Crippen LogP contribution in [0.3, 0.4) is 0 Å². The minimum atomic E-state index is -0.415. The molecule has 0 atom stereocenters. The molecule has 0 aromatic heterocycles. The largest absolute Gasteiger partial charge is 0.431 e. The summed E-state index contributed by atoms with van der Waals surface area (Å²) in [6.45, 7) is 7.38. The minimum Gasteiger partial charge on any atom is -0.431 e. The zero-order valence-electron chi connectivity index (χ0n) is 17.8. The third-order valence-corrected chi connectivity index (χ3v) is 3.96. The first-order chi connectivity index (χ1) is 13.7. The fraction of sp³-hybridized carbons (Fsp3) is 0.423. The van der Waals surface area contributed by atoms with Gasteiger partial charge in [0.15, 0.2) is 0 Å². The molecular weight excluding hydrogens is 344 g/mol. The Balaban J connectivity index is 3.64. The van der Waals surface area contributed by atoms with E-state index < -0.39 is 5.97 Å². The molecule has 2 heteroatoms. The average Bonchev–Trinajstić information content (AvgIpc) is 2.68. The van der Waals surface area contributed by atoms with Crippen molar-refractivity contribution in [2.45, 2.75) is 71.6 Å². The number of hydrogen-bond donors (Lipinski definition) is 0. The summed E-state index contributed by atoms with van der Waals surface area (Å²) in [6.07, 6.45) is 35.1. The maximum atomic E-state index is 11.1. The Morgan fingerprint density at radius 2 is 1.18 bits per heavy atom. The predicted octanol–water partition coefficient (Wildman–Crippen LogP) is 7.93. The van der Waals surface area contributed by atoms with Gasteiger partial charge in [0, 0.05) is 5.57 Å². The lowest BCUT2D eigenvalue weighted by atomic mass is 10.1. The van der Waals surface area contributed by atoms with Gasteiger partial charge in [-0.15, -0.1) is 0 Å². The monoisotopic (exact) mass is 382 g/mol. The summed E-state index contributed by atoms with van der Waals surface area (Å²) in [5, 5.41) is 0. The van der Waals surface area contributed by atoms with Crippen LogP contribution >= 0.6 is 0 Å². The van der Waals surface area contributed by atoms with Crippen molar-refractivity contribution in [1.82, 2.24) is 0 Å². The maximum Gasteiger partial charge on any atom is 0.337 e. The van der Waals surface area contributed by atoms with Gasteiger partial charge in [-0.05, 0) is 25.8 Å². The first kappa shape index (κ1) is 25.7. The summed E-state index contributed by atoms with van der Waals surface area (Å²) in [5.41, 5.74) is 0.384. The standard InChI is InChI=1S/C26H38O2/c1-4-5-6-7-8-9-10-11-12-13-14-15-16-17-18-19-20-21-22-23-24-28-26(27)25(2)3/h13-24H,2,4-12H2,1,3H3. The van der Waals surface area contributed by atoms with E-state index in [1.165, 1.54) is 64.0 Å². The highest BCUT2D eigenvalue weighted by Crippen LogP contribution is 2.09. The summed E-state index contributed by atoms with van der Waals surface area (Å²) < 4.78 is 4.82. The van der Waals surface area contributed by atoms with Crippen molar-refractivity contribution in [3.63, 3.8) is 0 Å². The molecule has 0 aliphatic heterocycles. The van der Waals surface area contributed by atoms with E-state index in [0.29, 0.717) is 5.57 Å². The number of unbranched alkanes of at least 4 members (excludes halogenated alkanes) is 8. The van der Waals surface area contributed by atoms with Gasteiger partial charge in [0.05, 0.1) is 6.26 Å². The summed E-state index contributed by atoms with van der Waals surface area (Å²) in [6, 6.07) is 0. The second-order valence-corrected chi connectivity index (χ2v) is 6.75. The topological polar surface area (TPSA) is 26.3 Å². The van der Waals surface area contributed by atoms with E-state index in [9.17, 15) is 4.79 Å². The van der Waals surface area contributed by atoms with Crippen LogP contribution in [0.15, 0.2) is 85.3 Å². The van der Waals surface area contributed by atoms with Gasteiger partial charge in [0.2, 0.25) is 0 Å². The number of rotatable bonds is 16. The fourth-order valence-corrected chi connectivity index (χ4v) is 2.33. The van der Waals surface area contributed by atoms with Crippen molar-refractivity contribution in [2.24, 2.45) is 0 Å². The van der Waals surface area contributed by atoms with Gasteiger partial charge in [-0.25, -0.2) is 4.79 Å². The molecule has 0 radical (unpaired) electrons. The van der Waals surface area contributed by atoms with Crippen LogP contribution in [0.2, 0.25) is 0 Å². The van der Waals surface area contributed by atoms with E-state index in [-0.39, 0.29) is 0 Å². The van der Waals surface area contributed by atoms with E-state index in [0.717, 1.165) is 0 Å². The van der Waals surface area contributed by atoms with Crippen LogP contribution in [-0.4, -0.2) is 5.97 Å². The number of carbonyl (C=O) groups excluding carboxylic acids is 1. The van der Waals surface area contributed by atoms with Gasteiger partial charge in [-0.1, -0.05) is 119 Å². The number of allylic oxidation sites excluding steroid dienone is 11. The van der Waals surface area contributed by atoms with Crippen LogP contribution in [0.4, 0.5) is 0 Å². The smallest absolute Gasteiger partial charge is 0.337 e. The van der Waals surface area contributed by atoms with Crippen LogP contribution < -0.4 is 0 Å². The Hall–Kier alpha value is -2.35. The van der Waals surface area contributed by atoms with E-state index in [2.05, 4.69) is 31.7 Å². The molecule has 0 aliphatic carbocycles. The number of hydrogen-bond acceptors (Lipinski definition) is 2. The lowest BCUT2D eigenvalue weighted by Crippen LogP contribution is -1.98. The summed E-state index contributed by atoms with van der Waals surface area (Å²) >= 11 is 0. The van der Waals surface area contributed by atoms with Gasteiger partial charge < -0.3 is 4.74 Å². The van der Waals surface area contributed by atoms with Crippen LogP contribution in [0.5, 0.6) is 0 Å². The van der Waals surface area contributed by atoms with Crippen molar-refractivity contribution in [3.8, 4) is 0 Å². The zero-order valence-corrected chi connectivity index (χ0v) is 17.8. The van der Waals surface area contributed by atoms with Crippen molar-refractivity contribution in [2.75, 3.05) is 0 Å². The van der Waals surface area contributed by atoms with E-state index in [1.54, 1.807) is 19.1 Å². The van der Waals surface area contributed by atoms with Crippen LogP contribution in [0.25, 0.3) is 0 Å². The van der Waals surface area contributed by atoms with E-state index in [4.69, 9.17) is 4.74 Å².